The molecule has 0 heterocycles. The highest BCUT2D eigenvalue weighted by Crippen LogP contribution is 2.37. The summed E-state index contributed by atoms with van der Waals surface area (Å²) in [6.07, 6.45) is 7.80. The molecule has 0 radical (unpaired) electrons. The van der Waals surface area contributed by atoms with Gasteiger partial charge in [-0.25, -0.2) is 0 Å². The molecule has 0 aromatic heterocycles. The minimum Gasteiger partial charge on any atom is -0.0878 e. The standard InChI is InChI=1S/C12H18Br6/c13-7-5-3-1-2-4-6-8(14)10(16)12(18)11(17)9(7)15/h7-12H,1-6H2/t7-,8+,9+,10-,11+,12-. The molecule has 1 rings (SSSR count). The summed E-state index contributed by atoms with van der Waals surface area (Å²) in [5.74, 6) is 0. The monoisotopic (exact) mass is 636 g/mol. The minimum absolute atomic E-state index is 0.394. The molecule has 1 aliphatic carbocycles. The second-order valence-corrected chi connectivity index (χ2v) is 11.4. The van der Waals surface area contributed by atoms with Crippen LogP contribution in [-0.4, -0.2) is 29.0 Å². The molecule has 0 spiro atoms. The third-order valence-electron chi connectivity index (χ3n) is 3.31. The predicted molar refractivity (Wildman–Crippen MR) is 104 cm³/mol. The van der Waals surface area contributed by atoms with Crippen molar-refractivity contribution in [2.24, 2.45) is 0 Å². The average molecular weight is 642 g/mol. The van der Waals surface area contributed by atoms with Crippen molar-refractivity contribution in [3.05, 3.63) is 0 Å². The smallest absolute Gasteiger partial charge is 0.0418 e. The van der Waals surface area contributed by atoms with Crippen LogP contribution in [-0.2, 0) is 0 Å². The summed E-state index contributed by atoms with van der Waals surface area (Å²) in [6, 6.07) is 0. The number of halogens is 6. The molecule has 0 unspecified atom stereocenters. The van der Waals surface area contributed by atoms with Gasteiger partial charge in [0.05, 0.1) is 0 Å². The lowest BCUT2D eigenvalue weighted by Crippen LogP contribution is -2.39. The van der Waals surface area contributed by atoms with E-state index < -0.39 is 0 Å². The van der Waals surface area contributed by atoms with Crippen LogP contribution in [0.3, 0.4) is 0 Å². The molecule has 0 aromatic rings. The zero-order valence-corrected chi connectivity index (χ0v) is 19.5. The zero-order valence-electron chi connectivity index (χ0n) is 9.97. The van der Waals surface area contributed by atoms with E-state index in [4.69, 9.17) is 0 Å². The maximum atomic E-state index is 3.84. The van der Waals surface area contributed by atoms with Gasteiger partial charge in [0.15, 0.2) is 0 Å². The first-order valence-electron chi connectivity index (χ1n) is 6.29. The van der Waals surface area contributed by atoms with Crippen molar-refractivity contribution >= 4 is 95.6 Å². The maximum absolute atomic E-state index is 3.84. The Morgan fingerprint density at radius 1 is 0.444 bits per heavy atom. The molecular formula is C12H18Br6. The van der Waals surface area contributed by atoms with Crippen molar-refractivity contribution in [2.45, 2.75) is 67.5 Å². The third kappa shape index (κ3) is 5.94. The normalized spacial score (nSPS) is 45.0. The molecule has 0 N–H and O–H groups in total. The van der Waals surface area contributed by atoms with Gasteiger partial charge in [-0.3, -0.25) is 0 Å². The van der Waals surface area contributed by atoms with E-state index in [9.17, 15) is 0 Å². The van der Waals surface area contributed by atoms with E-state index in [1.54, 1.807) is 0 Å². The predicted octanol–water partition coefficient (Wildman–Crippen LogP) is 6.92. The van der Waals surface area contributed by atoms with Crippen LogP contribution in [0.2, 0.25) is 0 Å². The Labute approximate surface area is 161 Å². The van der Waals surface area contributed by atoms with Gasteiger partial charge in [0.1, 0.15) is 0 Å². The van der Waals surface area contributed by atoms with E-state index in [1.807, 2.05) is 0 Å². The van der Waals surface area contributed by atoms with Gasteiger partial charge in [0.2, 0.25) is 0 Å². The fourth-order valence-electron chi connectivity index (χ4n) is 2.10. The lowest BCUT2D eigenvalue weighted by atomic mass is 10.0. The number of hydrogen-bond acceptors (Lipinski definition) is 0. The number of rotatable bonds is 0. The van der Waals surface area contributed by atoms with E-state index in [2.05, 4.69) is 95.6 Å². The van der Waals surface area contributed by atoms with Crippen molar-refractivity contribution in [3.63, 3.8) is 0 Å². The number of hydrogen-bond donors (Lipinski definition) is 0. The van der Waals surface area contributed by atoms with Crippen LogP contribution in [0, 0.1) is 0 Å². The van der Waals surface area contributed by atoms with E-state index in [1.165, 1.54) is 38.5 Å². The number of alkyl halides is 6. The summed E-state index contributed by atoms with van der Waals surface area (Å²) < 4.78 is 0. The Hall–Kier alpha value is 2.88. The largest absolute Gasteiger partial charge is 0.0878 e. The summed E-state index contributed by atoms with van der Waals surface area (Å²) in [6.45, 7) is 0. The van der Waals surface area contributed by atoms with Gasteiger partial charge in [-0.05, 0) is 12.8 Å². The second-order valence-electron chi connectivity index (χ2n) is 4.80. The molecule has 0 bridgehead atoms. The van der Waals surface area contributed by atoms with Gasteiger partial charge >= 0.3 is 0 Å². The van der Waals surface area contributed by atoms with Gasteiger partial charge in [0, 0.05) is 29.0 Å². The fraction of sp³-hybridized carbons (Fsp3) is 1.00. The van der Waals surface area contributed by atoms with Gasteiger partial charge in [-0.1, -0.05) is 121 Å². The average Bonchev–Trinajstić information content (AvgIpc) is 2.37. The van der Waals surface area contributed by atoms with Crippen molar-refractivity contribution in [1.29, 1.82) is 0 Å². The van der Waals surface area contributed by atoms with Crippen LogP contribution in [0.1, 0.15) is 38.5 Å². The highest BCUT2D eigenvalue weighted by atomic mass is 79.9. The van der Waals surface area contributed by atoms with E-state index in [-0.39, 0.29) is 0 Å². The molecule has 1 aliphatic rings. The summed E-state index contributed by atoms with van der Waals surface area (Å²) in [4.78, 5) is 2.70. The van der Waals surface area contributed by atoms with Crippen LogP contribution in [0.5, 0.6) is 0 Å². The Morgan fingerprint density at radius 2 is 0.778 bits per heavy atom. The first-order valence-corrected chi connectivity index (χ1v) is 11.8. The van der Waals surface area contributed by atoms with Crippen LogP contribution in [0.15, 0.2) is 0 Å². The van der Waals surface area contributed by atoms with Gasteiger partial charge in [-0.2, -0.15) is 0 Å². The summed E-state index contributed by atoms with van der Waals surface area (Å²) in [5, 5.41) is 0. The first kappa shape index (κ1) is 18.9. The Kier molecular flexibility index (Phi) is 10.3. The van der Waals surface area contributed by atoms with Gasteiger partial charge in [-0.15, -0.1) is 0 Å². The first-order chi connectivity index (χ1) is 8.45. The Balaban J connectivity index is 2.71. The Morgan fingerprint density at radius 3 is 1.11 bits per heavy atom. The molecule has 0 aromatic carbocycles. The van der Waals surface area contributed by atoms with Crippen LogP contribution < -0.4 is 0 Å². The topological polar surface area (TPSA) is 0 Å². The van der Waals surface area contributed by atoms with Crippen molar-refractivity contribution < 1.29 is 0 Å². The van der Waals surface area contributed by atoms with E-state index >= 15 is 0 Å². The summed E-state index contributed by atoms with van der Waals surface area (Å²) >= 11 is 23.0. The minimum atomic E-state index is 0.394. The van der Waals surface area contributed by atoms with Crippen molar-refractivity contribution in [2.75, 3.05) is 0 Å². The molecule has 0 saturated heterocycles. The SMILES string of the molecule is Br[C@@H]1[C@H](Br)[C@H](Br)[C@@H](Br)CCCCCC[C@@H](Br)[C@@H]1Br. The lowest BCUT2D eigenvalue weighted by molar-refractivity contribution is 0.549. The van der Waals surface area contributed by atoms with Crippen LogP contribution in [0.4, 0.5) is 0 Å². The van der Waals surface area contributed by atoms with Gasteiger partial charge < -0.3 is 0 Å². The quantitative estimate of drug-likeness (QED) is 0.252. The molecule has 18 heavy (non-hydrogen) atoms. The highest BCUT2D eigenvalue weighted by molar-refractivity contribution is 9.15. The van der Waals surface area contributed by atoms with Gasteiger partial charge in [0.25, 0.3) is 0 Å². The summed E-state index contributed by atoms with van der Waals surface area (Å²) in [5.41, 5.74) is 0. The molecule has 0 nitrogen and oxygen atoms in total. The molecule has 6 atom stereocenters. The van der Waals surface area contributed by atoms with Crippen LogP contribution in [0.25, 0.3) is 0 Å². The fourth-order valence-corrected chi connectivity index (χ4v) is 7.63. The zero-order chi connectivity index (χ0) is 13.7. The van der Waals surface area contributed by atoms with E-state index in [0.29, 0.717) is 29.0 Å². The lowest BCUT2D eigenvalue weighted by Gasteiger charge is -2.31. The highest BCUT2D eigenvalue weighted by Gasteiger charge is 2.35. The van der Waals surface area contributed by atoms with Crippen LogP contribution >= 0.6 is 95.6 Å². The molecular weight excluding hydrogens is 624 g/mol. The van der Waals surface area contributed by atoms with Crippen molar-refractivity contribution in [3.8, 4) is 0 Å². The summed E-state index contributed by atoms with van der Waals surface area (Å²) in [7, 11) is 0. The molecule has 0 aliphatic heterocycles. The Bertz CT molecular complexity index is 213. The maximum Gasteiger partial charge on any atom is 0.0418 e. The van der Waals surface area contributed by atoms with Crippen molar-refractivity contribution in [1.82, 2.24) is 0 Å². The third-order valence-corrected chi connectivity index (χ3v) is 13.6. The molecule has 108 valence electrons. The molecule has 1 saturated carbocycles. The molecule has 0 amide bonds. The second kappa shape index (κ2) is 9.81. The molecule has 6 heteroatoms. The molecule has 1 fully saturated rings. The van der Waals surface area contributed by atoms with E-state index in [0.717, 1.165) is 0 Å².